The molecule has 0 bridgehead atoms. The molecule has 2 atom stereocenters. The molecule has 21 heavy (non-hydrogen) atoms. The molecular formula is C18H32N2O. The van der Waals surface area contributed by atoms with E-state index in [4.69, 9.17) is 4.74 Å². The normalized spacial score (nSPS) is 14.7. The monoisotopic (exact) mass is 292 g/mol. The van der Waals surface area contributed by atoms with Crippen LogP contribution in [0.25, 0.3) is 0 Å². The maximum absolute atomic E-state index is 5.27. The van der Waals surface area contributed by atoms with E-state index in [-0.39, 0.29) is 0 Å². The maximum Gasteiger partial charge on any atom is 0.0589 e. The Morgan fingerprint density at radius 2 is 1.76 bits per heavy atom. The molecule has 120 valence electrons. The van der Waals surface area contributed by atoms with Crippen LogP contribution in [0.1, 0.15) is 44.9 Å². The van der Waals surface area contributed by atoms with Crippen LogP contribution in [-0.2, 0) is 4.74 Å². The van der Waals surface area contributed by atoms with Gasteiger partial charge in [-0.05, 0) is 39.8 Å². The van der Waals surface area contributed by atoms with Crippen molar-refractivity contribution in [2.45, 2.75) is 52.7 Å². The molecule has 0 saturated heterocycles. The van der Waals surface area contributed by atoms with Gasteiger partial charge < -0.3 is 10.1 Å². The number of ether oxygens (including phenoxy) is 1. The molecule has 1 N–H and O–H groups in total. The van der Waals surface area contributed by atoms with Crippen LogP contribution >= 0.6 is 0 Å². The Morgan fingerprint density at radius 1 is 1.14 bits per heavy atom. The average Bonchev–Trinajstić information content (AvgIpc) is 2.45. The van der Waals surface area contributed by atoms with Gasteiger partial charge in [0.15, 0.2) is 0 Å². The summed E-state index contributed by atoms with van der Waals surface area (Å²) in [6.45, 7) is 13.8. The number of likely N-dealkylation sites (N-methyl/N-ethyl adjacent to an activating group) is 1. The van der Waals surface area contributed by atoms with Gasteiger partial charge in [-0.15, -0.1) is 0 Å². The molecule has 0 amide bonds. The van der Waals surface area contributed by atoms with Crippen molar-refractivity contribution in [2.75, 3.05) is 26.8 Å². The highest BCUT2D eigenvalue weighted by Crippen LogP contribution is 2.23. The van der Waals surface area contributed by atoms with E-state index in [0.717, 1.165) is 19.7 Å². The van der Waals surface area contributed by atoms with Crippen LogP contribution in [0.4, 0.5) is 0 Å². The molecule has 0 saturated carbocycles. The summed E-state index contributed by atoms with van der Waals surface area (Å²) < 4.78 is 5.27. The van der Waals surface area contributed by atoms with Crippen molar-refractivity contribution in [3.05, 3.63) is 35.4 Å². The summed E-state index contributed by atoms with van der Waals surface area (Å²) in [5.74, 6) is 0. The first kappa shape index (κ1) is 18.1. The summed E-state index contributed by atoms with van der Waals surface area (Å²) in [6, 6.07) is 10.1. The fraction of sp³-hybridized carbons (Fsp3) is 0.667. The molecule has 3 heteroatoms. The van der Waals surface area contributed by atoms with Crippen molar-refractivity contribution in [1.29, 1.82) is 0 Å². The minimum Gasteiger partial charge on any atom is -0.383 e. The number of aryl methyl sites for hydroxylation is 1. The number of nitrogens with zero attached hydrogens (tertiary/aromatic N) is 1. The van der Waals surface area contributed by atoms with Crippen molar-refractivity contribution in [2.24, 2.45) is 0 Å². The first-order valence-electron chi connectivity index (χ1n) is 8.05. The van der Waals surface area contributed by atoms with E-state index in [1.54, 1.807) is 7.11 Å². The standard InChI is InChI=1S/C18H32N2O/c1-7-19-18(17-10-8-15(4)9-11-17)16(5)20(14(2)3)12-13-21-6/h8-11,14,16,18-19H,7,12-13H2,1-6H3. The van der Waals surface area contributed by atoms with Gasteiger partial charge in [0.2, 0.25) is 0 Å². The number of benzene rings is 1. The molecule has 1 aromatic rings. The molecular weight excluding hydrogens is 260 g/mol. The maximum atomic E-state index is 5.27. The number of nitrogens with one attached hydrogen (secondary N) is 1. The molecule has 0 aromatic heterocycles. The predicted molar refractivity (Wildman–Crippen MR) is 90.8 cm³/mol. The minimum atomic E-state index is 0.342. The Labute approximate surface area is 130 Å². The fourth-order valence-corrected chi connectivity index (χ4v) is 2.88. The van der Waals surface area contributed by atoms with Crippen LogP contribution in [0, 0.1) is 6.92 Å². The quantitative estimate of drug-likeness (QED) is 0.755. The number of rotatable bonds is 9. The second-order valence-corrected chi connectivity index (χ2v) is 6.01. The smallest absolute Gasteiger partial charge is 0.0589 e. The van der Waals surface area contributed by atoms with Gasteiger partial charge in [-0.1, -0.05) is 36.8 Å². The van der Waals surface area contributed by atoms with Crippen LogP contribution in [0.15, 0.2) is 24.3 Å². The summed E-state index contributed by atoms with van der Waals surface area (Å²) in [4.78, 5) is 2.51. The summed E-state index contributed by atoms with van der Waals surface area (Å²) in [5, 5.41) is 3.65. The zero-order valence-electron chi connectivity index (χ0n) is 14.5. The molecule has 0 heterocycles. The molecule has 3 nitrogen and oxygen atoms in total. The Balaban J connectivity index is 2.93. The Morgan fingerprint density at radius 3 is 2.24 bits per heavy atom. The van der Waals surface area contributed by atoms with E-state index in [2.05, 4.69) is 69.1 Å². The summed E-state index contributed by atoms with van der Waals surface area (Å²) in [7, 11) is 1.77. The highest BCUT2D eigenvalue weighted by Gasteiger charge is 2.25. The van der Waals surface area contributed by atoms with Gasteiger partial charge in [-0.3, -0.25) is 4.90 Å². The molecule has 0 aliphatic heterocycles. The van der Waals surface area contributed by atoms with Crippen LogP contribution in [0.5, 0.6) is 0 Å². The highest BCUT2D eigenvalue weighted by atomic mass is 16.5. The van der Waals surface area contributed by atoms with Crippen molar-refractivity contribution in [3.63, 3.8) is 0 Å². The molecule has 2 unspecified atom stereocenters. The zero-order chi connectivity index (χ0) is 15.8. The lowest BCUT2D eigenvalue weighted by molar-refractivity contribution is 0.0853. The third kappa shape index (κ3) is 5.42. The molecule has 0 aliphatic rings. The predicted octanol–water partition coefficient (Wildman–Crippen LogP) is 3.39. The van der Waals surface area contributed by atoms with Crippen molar-refractivity contribution in [3.8, 4) is 0 Å². The largest absolute Gasteiger partial charge is 0.383 e. The number of hydrogen-bond donors (Lipinski definition) is 1. The minimum absolute atomic E-state index is 0.342. The second-order valence-electron chi connectivity index (χ2n) is 6.01. The molecule has 0 fully saturated rings. The van der Waals surface area contributed by atoms with Gasteiger partial charge in [0.25, 0.3) is 0 Å². The van der Waals surface area contributed by atoms with Gasteiger partial charge in [0, 0.05) is 31.8 Å². The first-order chi connectivity index (χ1) is 10.0. The average molecular weight is 292 g/mol. The summed E-state index contributed by atoms with van der Waals surface area (Å²) >= 11 is 0. The van der Waals surface area contributed by atoms with Crippen LogP contribution in [0.3, 0.4) is 0 Å². The zero-order valence-corrected chi connectivity index (χ0v) is 14.5. The van der Waals surface area contributed by atoms with Crippen LogP contribution < -0.4 is 5.32 Å². The summed E-state index contributed by atoms with van der Waals surface area (Å²) in [5.41, 5.74) is 2.67. The molecule has 0 spiro atoms. The molecule has 1 aromatic carbocycles. The Bertz CT molecular complexity index is 389. The SMILES string of the molecule is CCNC(c1ccc(C)cc1)C(C)N(CCOC)C(C)C. The van der Waals surface area contributed by atoms with E-state index in [9.17, 15) is 0 Å². The van der Waals surface area contributed by atoms with Gasteiger partial charge in [-0.25, -0.2) is 0 Å². The third-order valence-electron chi connectivity index (χ3n) is 4.08. The highest BCUT2D eigenvalue weighted by molar-refractivity contribution is 5.25. The first-order valence-corrected chi connectivity index (χ1v) is 8.05. The number of hydrogen-bond acceptors (Lipinski definition) is 3. The molecule has 1 rings (SSSR count). The van der Waals surface area contributed by atoms with Crippen molar-refractivity contribution < 1.29 is 4.74 Å². The van der Waals surface area contributed by atoms with E-state index >= 15 is 0 Å². The number of methoxy groups -OCH3 is 1. The Kier molecular flexibility index (Phi) is 7.94. The second kappa shape index (κ2) is 9.19. The van der Waals surface area contributed by atoms with E-state index in [0.29, 0.717) is 18.1 Å². The molecule has 0 radical (unpaired) electrons. The van der Waals surface area contributed by atoms with E-state index in [1.165, 1.54) is 11.1 Å². The van der Waals surface area contributed by atoms with Crippen LogP contribution in [0.2, 0.25) is 0 Å². The third-order valence-corrected chi connectivity index (χ3v) is 4.08. The fourth-order valence-electron chi connectivity index (χ4n) is 2.88. The van der Waals surface area contributed by atoms with E-state index in [1.807, 2.05) is 0 Å². The molecule has 0 aliphatic carbocycles. The van der Waals surface area contributed by atoms with Crippen molar-refractivity contribution in [1.82, 2.24) is 10.2 Å². The van der Waals surface area contributed by atoms with Gasteiger partial charge in [0.1, 0.15) is 0 Å². The lowest BCUT2D eigenvalue weighted by Crippen LogP contribution is -2.47. The topological polar surface area (TPSA) is 24.5 Å². The van der Waals surface area contributed by atoms with Gasteiger partial charge >= 0.3 is 0 Å². The Hall–Kier alpha value is -0.900. The lowest BCUT2D eigenvalue weighted by atomic mass is 9.97. The van der Waals surface area contributed by atoms with Crippen molar-refractivity contribution >= 4 is 0 Å². The van der Waals surface area contributed by atoms with Gasteiger partial charge in [-0.2, -0.15) is 0 Å². The summed E-state index contributed by atoms with van der Waals surface area (Å²) in [6.07, 6.45) is 0. The van der Waals surface area contributed by atoms with E-state index < -0.39 is 0 Å². The van der Waals surface area contributed by atoms with Gasteiger partial charge in [0.05, 0.1) is 6.61 Å². The lowest BCUT2D eigenvalue weighted by Gasteiger charge is -2.38. The van der Waals surface area contributed by atoms with Crippen LogP contribution in [-0.4, -0.2) is 43.8 Å².